The summed E-state index contributed by atoms with van der Waals surface area (Å²) in [5.74, 6) is 0.724. The topological polar surface area (TPSA) is 46.5 Å². The van der Waals surface area contributed by atoms with Gasteiger partial charge in [-0.3, -0.25) is 4.79 Å². The van der Waals surface area contributed by atoms with Crippen molar-refractivity contribution in [3.63, 3.8) is 0 Å². The monoisotopic (exact) mass is 334 g/mol. The smallest absolute Gasteiger partial charge is 0.312 e. The van der Waals surface area contributed by atoms with Gasteiger partial charge in [0.1, 0.15) is 0 Å². The summed E-state index contributed by atoms with van der Waals surface area (Å²) in [7, 11) is 1.50. The molecule has 1 N–H and O–H groups in total. The van der Waals surface area contributed by atoms with Crippen LogP contribution in [0.3, 0.4) is 0 Å². The minimum absolute atomic E-state index is 0.0195. The molecule has 0 amide bonds. The van der Waals surface area contributed by atoms with Gasteiger partial charge in [0, 0.05) is 0 Å². The molecule has 1 fully saturated rings. The number of rotatable bonds is 5. The van der Waals surface area contributed by atoms with Gasteiger partial charge in [0.15, 0.2) is 0 Å². The van der Waals surface area contributed by atoms with Crippen LogP contribution in [0.1, 0.15) is 66.2 Å². The van der Waals surface area contributed by atoms with Crippen LogP contribution in [0.15, 0.2) is 24.3 Å². The molecule has 5 atom stereocenters. The van der Waals surface area contributed by atoms with Gasteiger partial charge in [0.2, 0.25) is 0 Å². The van der Waals surface area contributed by atoms with Gasteiger partial charge in [-0.15, -0.1) is 6.58 Å². The fourth-order valence-electron chi connectivity index (χ4n) is 4.80. The molecule has 2 rings (SSSR count). The van der Waals surface area contributed by atoms with Crippen molar-refractivity contribution in [2.45, 2.75) is 71.8 Å². The molecule has 0 spiro atoms. The molecule has 1 saturated carbocycles. The Balaban J connectivity index is 2.33. The Kier molecular flexibility index (Phi) is 5.34. The van der Waals surface area contributed by atoms with E-state index < -0.39 is 11.0 Å². The van der Waals surface area contributed by atoms with Crippen LogP contribution in [0.25, 0.3) is 0 Å². The van der Waals surface area contributed by atoms with Gasteiger partial charge in [-0.25, -0.2) is 0 Å². The van der Waals surface area contributed by atoms with Crippen molar-refractivity contribution in [2.75, 3.05) is 7.11 Å². The summed E-state index contributed by atoms with van der Waals surface area (Å²) in [6.07, 6.45) is 9.56. The van der Waals surface area contributed by atoms with Crippen molar-refractivity contribution in [1.29, 1.82) is 0 Å². The first-order valence-corrected chi connectivity index (χ1v) is 9.25. The second-order valence-electron chi connectivity index (χ2n) is 8.62. The molecule has 3 heteroatoms. The molecular formula is C21H34O3. The summed E-state index contributed by atoms with van der Waals surface area (Å²) in [6, 6.07) is 0. The summed E-state index contributed by atoms with van der Waals surface area (Å²) in [5.41, 5.74) is 0.184. The van der Waals surface area contributed by atoms with E-state index in [2.05, 4.69) is 33.4 Å². The first kappa shape index (κ1) is 19.2. The van der Waals surface area contributed by atoms with Crippen molar-refractivity contribution in [2.24, 2.45) is 22.7 Å². The Morgan fingerprint density at radius 1 is 1.50 bits per heavy atom. The van der Waals surface area contributed by atoms with Gasteiger partial charge in [-0.2, -0.15) is 0 Å². The molecule has 0 aliphatic heterocycles. The molecule has 0 heterocycles. The van der Waals surface area contributed by atoms with E-state index >= 15 is 0 Å². The Bertz CT molecular complexity index is 533. The van der Waals surface area contributed by atoms with E-state index in [-0.39, 0.29) is 17.3 Å². The summed E-state index contributed by atoms with van der Waals surface area (Å²) in [5, 5.41) is 10.4. The maximum absolute atomic E-state index is 12.5. The predicted molar refractivity (Wildman–Crippen MR) is 97.5 cm³/mol. The molecule has 0 saturated heterocycles. The highest BCUT2D eigenvalue weighted by Crippen LogP contribution is 2.58. The highest BCUT2D eigenvalue weighted by atomic mass is 16.5. The van der Waals surface area contributed by atoms with Crippen molar-refractivity contribution in [1.82, 2.24) is 0 Å². The third-order valence-corrected chi connectivity index (χ3v) is 7.05. The lowest BCUT2D eigenvalue weighted by molar-refractivity contribution is -0.156. The molecule has 0 aromatic carbocycles. The zero-order valence-corrected chi connectivity index (χ0v) is 16.0. The van der Waals surface area contributed by atoms with Crippen molar-refractivity contribution >= 4 is 5.97 Å². The third kappa shape index (κ3) is 3.20. The minimum atomic E-state index is -0.837. The summed E-state index contributed by atoms with van der Waals surface area (Å²) < 4.78 is 5.15. The highest BCUT2D eigenvalue weighted by molar-refractivity contribution is 5.77. The van der Waals surface area contributed by atoms with Crippen LogP contribution in [0, 0.1) is 22.7 Å². The molecule has 3 nitrogen and oxygen atoms in total. The average molecular weight is 335 g/mol. The van der Waals surface area contributed by atoms with Gasteiger partial charge in [0.25, 0.3) is 0 Å². The van der Waals surface area contributed by atoms with Crippen molar-refractivity contribution in [3.05, 3.63) is 24.3 Å². The van der Waals surface area contributed by atoms with Crippen LogP contribution in [-0.2, 0) is 9.53 Å². The number of aliphatic hydroxyl groups is 1. The summed E-state index contributed by atoms with van der Waals surface area (Å²) in [6.45, 7) is 12.3. The van der Waals surface area contributed by atoms with Crippen LogP contribution < -0.4 is 0 Å². The molecule has 0 radical (unpaired) electrons. The van der Waals surface area contributed by atoms with Crippen LogP contribution in [0.2, 0.25) is 0 Å². The lowest BCUT2D eigenvalue weighted by atomic mass is 9.51. The number of methoxy groups -OCH3 is 1. The number of carbonyl (C=O) groups is 1. The fourth-order valence-corrected chi connectivity index (χ4v) is 4.80. The van der Waals surface area contributed by atoms with Crippen LogP contribution in [0.5, 0.6) is 0 Å². The maximum Gasteiger partial charge on any atom is 0.312 e. The number of carbonyl (C=O) groups excluding carboxylic acids is 1. The van der Waals surface area contributed by atoms with E-state index in [1.807, 2.05) is 6.92 Å². The highest BCUT2D eigenvalue weighted by Gasteiger charge is 2.53. The SMILES string of the molecule is C=C[C@@](C)(O)CC[C@]1(C)C2=CCC[C@](C)(C(=O)OC)[C@@H]2CC[C@H]1C. The summed E-state index contributed by atoms with van der Waals surface area (Å²) >= 11 is 0. The Hall–Kier alpha value is -1.09. The van der Waals surface area contributed by atoms with Crippen molar-refractivity contribution < 1.29 is 14.6 Å². The van der Waals surface area contributed by atoms with E-state index in [1.54, 1.807) is 6.08 Å². The van der Waals surface area contributed by atoms with E-state index in [0.717, 1.165) is 32.1 Å². The van der Waals surface area contributed by atoms with E-state index in [1.165, 1.54) is 12.7 Å². The second-order valence-corrected chi connectivity index (χ2v) is 8.62. The largest absolute Gasteiger partial charge is 0.469 e. The van der Waals surface area contributed by atoms with Crippen LogP contribution in [-0.4, -0.2) is 23.8 Å². The standard InChI is InChI=1S/C21H34O3/c1-7-19(3,23)13-14-20(4)15(2)10-11-17-16(20)9-8-12-21(17,5)18(22)24-6/h7,9,15,17,23H,1,8,10-14H2,2-6H3/t15-,17-,19-,20+,21+/m1/s1. The zero-order valence-electron chi connectivity index (χ0n) is 16.0. The Labute approximate surface area is 147 Å². The Morgan fingerprint density at radius 2 is 2.17 bits per heavy atom. The molecule has 0 bridgehead atoms. The van der Waals surface area contributed by atoms with Gasteiger partial charge >= 0.3 is 5.97 Å². The molecule has 24 heavy (non-hydrogen) atoms. The number of fused-ring (bicyclic) bond motifs is 1. The quantitative estimate of drug-likeness (QED) is 0.588. The molecule has 2 aliphatic carbocycles. The third-order valence-electron chi connectivity index (χ3n) is 7.05. The number of allylic oxidation sites excluding steroid dienone is 2. The predicted octanol–water partition coefficient (Wildman–Crippen LogP) is 4.66. The number of ether oxygens (including phenoxy) is 1. The van der Waals surface area contributed by atoms with Crippen molar-refractivity contribution in [3.8, 4) is 0 Å². The van der Waals surface area contributed by atoms with Gasteiger partial charge in [-0.1, -0.05) is 31.6 Å². The number of hydrogen-bond acceptors (Lipinski definition) is 3. The molecule has 0 aromatic heterocycles. The van der Waals surface area contributed by atoms with E-state index in [9.17, 15) is 9.90 Å². The van der Waals surface area contributed by atoms with E-state index in [4.69, 9.17) is 4.74 Å². The molecule has 0 unspecified atom stereocenters. The van der Waals surface area contributed by atoms with E-state index in [0.29, 0.717) is 12.3 Å². The zero-order chi connectivity index (χ0) is 18.2. The van der Waals surface area contributed by atoms with Gasteiger partial charge in [0.05, 0.1) is 18.1 Å². The number of hydrogen-bond donors (Lipinski definition) is 1. The second kappa shape index (κ2) is 6.67. The van der Waals surface area contributed by atoms with Gasteiger partial charge in [-0.05, 0) is 69.6 Å². The molecule has 2 aliphatic rings. The lowest BCUT2D eigenvalue weighted by Crippen LogP contribution is -2.48. The fraction of sp³-hybridized carbons (Fsp3) is 0.762. The Morgan fingerprint density at radius 3 is 2.75 bits per heavy atom. The van der Waals surface area contributed by atoms with Crippen LogP contribution in [0.4, 0.5) is 0 Å². The first-order valence-electron chi connectivity index (χ1n) is 9.25. The van der Waals surface area contributed by atoms with Crippen LogP contribution >= 0.6 is 0 Å². The molecular weight excluding hydrogens is 300 g/mol. The van der Waals surface area contributed by atoms with Gasteiger partial charge < -0.3 is 9.84 Å². The first-order chi connectivity index (χ1) is 11.1. The lowest BCUT2D eigenvalue weighted by Gasteiger charge is -2.53. The summed E-state index contributed by atoms with van der Waals surface area (Å²) in [4.78, 5) is 12.5. The molecule has 0 aromatic rings. The average Bonchev–Trinajstić information content (AvgIpc) is 2.56. The number of esters is 1. The molecule has 136 valence electrons. The minimum Gasteiger partial charge on any atom is -0.469 e. The normalized spacial score (nSPS) is 38.5. The maximum atomic E-state index is 12.5.